The lowest BCUT2D eigenvalue weighted by Crippen LogP contribution is -2.24. The Morgan fingerprint density at radius 3 is 2.73 bits per heavy atom. The fraction of sp³-hybridized carbons (Fsp3) is 0.400. The molecule has 1 aliphatic carbocycles. The van der Waals surface area contributed by atoms with Gasteiger partial charge in [-0.15, -0.1) is 0 Å². The van der Waals surface area contributed by atoms with Crippen LogP contribution in [0.2, 0.25) is 0 Å². The van der Waals surface area contributed by atoms with E-state index in [1.807, 2.05) is 12.1 Å². The Labute approximate surface area is 179 Å². The molecule has 0 spiro atoms. The lowest BCUT2D eigenvalue weighted by atomic mass is 9.83. The maximum absolute atomic E-state index is 12.0. The molecule has 4 rings (SSSR count). The zero-order valence-electron chi connectivity index (χ0n) is 16.8. The highest BCUT2D eigenvalue weighted by atomic mass is 32.2. The normalized spacial score (nSPS) is 18.0. The SMILES string of the molecule is CCOS(=O)(=O)Cc1ccc(Oc2sc(C(N)=O)c3c2C2=NN(C)CC2CC3)cc1. The lowest BCUT2D eigenvalue weighted by molar-refractivity contribution is 0.100. The topological polar surface area (TPSA) is 111 Å². The lowest BCUT2D eigenvalue weighted by Gasteiger charge is -2.20. The zero-order chi connectivity index (χ0) is 21.5. The molecule has 0 saturated carbocycles. The number of hydrogen-bond donors (Lipinski definition) is 1. The summed E-state index contributed by atoms with van der Waals surface area (Å²) in [5.41, 5.74) is 8.93. The van der Waals surface area contributed by atoms with E-state index in [1.165, 1.54) is 11.3 Å². The van der Waals surface area contributed by atoms with E-state index in [2.05, 4.69) is 5.10 Å². The number of carbonyl (C=O) groups excluding carboxylic acids is 1. The molecular weight excluding hydrogens is 426 g/mol. The van der Waals surface area contributed by atoms with Crippen LogP contribution in [-0.4, -0.2) is 45.2 Å². The molecule has 0 bridgehead atoms. The van der Waals surface area contributed by atoms with Crippen molar-refractivity contribution in [1.82, 2.24) is 5.01 Å². The molecule has 2 N–H and O–H groups in total. The van der Waals surface area contributed by atoms with Gasteiger partial charge in [-0.1, -0.05) is 23.5 Å². The number of carbonyl (C=O) groups is 1. The number of fused-ring (bicyclic) bond motifs is 3. The van der Waals surface area contributed by atoms with Gasteiger partial charge in [0.1, 0.15) is 11.5 Å². The summed E-state index contributed by atoms with van der Waals surface area (Å²) in [4.78, 5) is 12.5. The molecule has 1 aromatic carbocycles. The third-order valence-corrected chi connectivity index (χ3v) is 7.53. The smallest absolute Gasteiger partial charge is 0.271 e. The molecule has 1 unspecified atom stereocenters. The highest BCUT2D eigenvalue weighted by molar-refractivity contribution is 7.85. The van der Waals surface area contributed by atoms with Gasteiger partial charge in [0.05, 0.1) is 22.8 Å². The van der Waals surface area contributed by atoms with Gasteiger partial charge in [-0.25, -0.2) is 0 Å². The van der Waals surface area contributed by atoms with Gasteiger partial charge in [-0.3, -0.25) is 14.0 Å². The van der Waals surface area contributed by atoms with Crippen molar-refractivity contribution in [2.24, 2.45) is 16.8 Å². The van der Waals surface area contributed by atoms with Crippen molar-refractivity contribution in [2.75, 3.05) is 20.2 Å². The minimum Gasteiger partial charge on any atom is -0.446 e. The van der Waals surface area contributed by atoms with Crippen molar-refractivity contribution >= 4 is 33.1 Å². The number of primary amides is 1. The Morgan fingerprint density at radius 2 is 2.07 bits per heavy atom. The van der Waals surface area contributed by atoms with Crippen LogP contribution in [0, 0.1) is 5.92 Å². The molecule has 2 heterocycles. The molecule has 1 atom stereocenters. The standard InChI is InChI=1S/C20H23N3O5S2/c1-3-27-30(25,26)11-12-4-7-14(8-5-12)28-20-16-15(18(29-20)19(21)24)9-6-13-10-23(2)22-17(13)16/h4-5,7-8,13H,3,6,9-11H2,1-2H3,(H2,21,24). The molecule has 0 fully saturated rings. The van der Waals surface area contributed by atoms with Gasteiger partial charge >= 0.3 is 0 Å². The summed E-state index contributed by atoms with van der Waals surface area (Å²) < 4.78 is 34.5. The van der Waals surface area contributed by atoms with Crippen molar-refractivity contribution in [3.63, 3.8) is 0 Å². The zero-order valence-corrected chi connectivity index (χ0v) is 18.4. The van der Waals surface area contributed by atoms with Crippen LogP contribution in [0.5, 0.6) is 10.8 Å². The fourth-order valence-electron chi connectivity index (χ4n) is 3.91. The van der Waals surface area contributed by atoms with Gasteiger partial charge in [0.15, 0.2) is 5.06 Å². The number of thiophene rings is 1. The third kappa shape index (κ3) is 4.07. The molecule has 10 heteroatoms. The van der Waals surface area contributed by atoms with Crippen molar-refractivity contribution in [3.05, 3.63) is 45.8 Å². The first kappa shape index (κ1) is 20.8. The average molecular weight is 450 g/mol. The van der Waals surface area contributed by atoms with Gasteiger partial charge in [-0.05, 0) is 43.0 Å². The Kier molecular flexibility index (Phi) is 5.56. The summed E-state index contributed by atoms with van der Waals surface area (Å²) in [6.07, 6.45) is 1.69. The highest BCUT2D eigenvalue weighted by Crippen LogP contribution is 2.44. The number of benzene rings is 1. The third-order valence-electron chi connectivity index (χ3n) is 5.12. The number of rotatable bonds is 7. The summed E-state index contributed by atoms with van der Waals surface area (Å²) in [7, 11) is -1.67. The number of hydrazone groups is 1. The number of amides is 1. The molecule has 1 amide bonds. The number of nitrogens with zero attached hydrogens (tertiary/aromatic N) is 2. The molecular formula is C20H23N3O5S2. The van der Waals surface area contributed by atoms with Crippen LogP contribution >= 0.6 is 11.3 Å². The Hall–Kier alpha value is -2.43. The predicted octanol–water partition coefficient (Wildman–Crippen LogP) is 2.72. The maximum Gasteiger partial charge on any atom is 0.271 e. The van der Waals surface area contributed by atoms with Crippen molar-refractivity contribution in [2.45, 2.75) is 25.5 Å². The Balaban J connectivity index is 1.63. The first-order chi connectivity index (χ1) is 14.3. The Bertz CT molecular complexity index is 1110. The van der Waals surface area contributed by atoms with Crippen molar-refractivity contribution in [3.8, 4) is 10.8 Å². The van der Waals surface area contributed by atoms with E-state index in [-0.39, 0.29) is 12.4 Å². The van der Waals surface area contributed by atoms with Crippen molar-refractivity contribution in [1.29, 1.82) is 0 Å². The van der Waals surface area contributed by atoms with E-state index < -0.39 is 16.0 Å². The highest BCUT2D eigenvalue weighted by Gasteiger charge is 2.37. The minimum absolute atomic E-state index is 0.106. The van der Waals surface area contributed by atoms with Crippen LogP contribution in [0.15, 0.2) is 29.4 Å². The first-order valence-electron chi connectivity index (χ1n) is 9.66. The van der Waals surface area contributed by atoms with Crippen molar-refractivity contribution < 1.29 is 22.1 Å². The van der Waals surface area contributed by atoms with Crippen LogP contribution < -0.4 is 10.5 Å². The number of nitrogens with two attached hydrogens (primary N) is 1. The number of hydrogen-bond acceptors (Lipinski definition) is 8. The van der Waals surface area contributed by atoms with Gasteiger partial charge in [0.25, 0.3) is 16.0 Å². The molecule has 0 radical (unpaired) electrons. The summed E-state index contributed by atoms with van der Waals surface area (Å²) in [5.74, 6) is 0.188. The molecule has 2 aromatic rings. The van der Waals surface area contributed by atoms with Gasteiger partial charge in [0.2, 0.25) is 0 Å². The Morgan fingerprint density at radius 1 is 1.33 bits per heavy atom. The second kappa shape index (κ2) is 8.01. The molecule has 2 aliphatic rings. The van der Waals surface area contributed by atoms with Crippen LogP contribution in [-0.2, 0) is 26.5 Å². The molecule has 30 heavy (non-hydrogen) atoms. The molecule has 1 aromatic heterocycles. The summed E-state index contributed by atoms with van der Waals surface area (Å²) in [5, 5.41) is 7.14. The number of ether oxygens (including phenoxy) is 1. The second-order valence-corrected chi connectivity index (χ2v) is 9.97. The van der Waals surface area contributed by atoms with Gasteiger partial charge < -0.3 is 10.5 Å². The summed E-state index contributed by atoms with van der Waals surface area (Å²) in [6, 6.07) is 6.78. The molecule has 8 nitrogen and oxygen atoms in total. The van der Waals surface area contributed by atoms with E-state index in [0.717, 1.165) is 36.2 Å². The quantitative estimate of drug-likeness (QED) is 0.651. The summed E-state index contributed by atoms with van der Waals surface area (Å²) >= 11 is 1.24. The largest absolute Gasteiger partial charge is 0.446 e. The van der Waals surface area contributed by atoms with E-state index in [9.17, 15) is 13.2 Å². The van der Waals surface area contributed by atoms with E-state index in [1.54, 1.807) is 31.2 Å². The van der Waals surface area contributed by atoms with Gasteiger partial charge in [-0.2, -0.15) is 13.5 Å². The molecule has 0 saturated heterocycles. The average Bonchev–Trinajstić information content (AvgIpc) is 3.22. The fourth-order valence-corrected chi connectivity index (χ4v) is 6.03. The molecule has 160 valence electrons. The van der Waals surface area contributed by atoms with E-state index >= 15 is 0 Å². The monoisotopic (exact) mass is 449 g/mol. The van der Waals surface area contributed by atoms with E-state index in [0.29, 0.717) is 27.2 Å². The summed E-state index contributed by atoms with van der Waals surface area (Å²) in [6.45, 7) is 2.59. The molecule has 1 aliphatic heterocycles. The predicted molar refractivity (Wildman–Crippen MR) is 115 cm³/mol. The first-order valence-corrected chi connectivity index (χ1v) is 12.1. The van der Waals surface area contributed by atoms with Crippen LogP contribution in [0.1, 0.15) is 39.7 Å². The van der Waals surface area contributed by atoms with Crippen LogP contribution in [0.4, 0.5) is 0 Å². The van der Waals surface area contributed by atoms with Crippen LogP contribution in [0.3, 0.4) is 0 Å². The van der Waals surface area contributed by atoms with Gasteiger partial charge in [0, 0.05) is 19.5 Å². The maximum atomic E-state index is 12.0. The minimum atomic E-state index is -3.60. The van der Waals surface area contributed by atoms with Crippen LogP contribution in [0.25, 0.3) is 0 Å². The van der Waals surface area contributed by atoms with E-state index in [4.69, 9.17) is 14.7 Å². The second-order valence-electron chi connectivity index (χ2n) is 7.35.